The van der Waals surface area contributed by atoms with Crippen LogP contribution in [0.25, 0.3) is 5.69 Å². The number of nitrogens with zero attached hydrogens (tertiary/aromatic N) is 2. The monoisotopic (exact) mass is 435 g/mol. The summed E-state index contributed by atoms with van der Waals surface area (Å²) in [6, 6.07) is 10.0. The first-order valence-electron chi connectivity index (χ1n) is 8.62. The van der Waals surface area contributed by atoms with Crippen molar-refractivity contribution in [1.82, 2.24) is 15.1 Å². The maximum Gasteiger partial charge on any atom is 0.416 e. The normalized spacial score (nSPS) is 11.0. The first kappa shape index (κ1) is 21.4. The number of nitrogens with one attached hydrogen (secondary N) is 1. The van der Waals surface area contributed by atoms with E-state index in [1.165, 1.54) is 41.1 Å². The average Bonchev–Trinajstić information content (AvgIpc) is 2.99. The molecule has 154 valence electrons. The number of amides is 1. The molecule has 0 aliphatic rings. The van der Waals surface area contributed by atoms with Crippen LogP contribution in [0.4, 0.5) is 17.6 Å². The van der Waals surface area contributed by atoms with Crippen molar-refractivity contribution in [3.63, 3.8) is 0 Å². The van der Waals surface area contributed by atoms with Crippen LogP contribution in [-0.2, 0) is 6.18 Å². The summed E-state index contributed by atoms with van der Waals surface area (Å²) in [7, 11) is 0. The maximum absolute atomic E-state index is 13.1. The summed E-state index contributed by atoms with van der Waals surface area (Å²) < 4.78 is 52.6. The minimum atomic E-state index is -4.45. The lowest BCUT2D eigenvalue weighted by atomic mass is 10.1. The molecule has 2 aromatic carbocycles. The van der Waals surface area contributed by atoms with Crippen LogP contribution < -0.4 is 5.32 Å². The van der Waals surface area contributed by atoms with Crippen LogP contribution in [0.5, 0.6) is 0 Å². The molecule has 1 heterocycles. The van der Waals surface area contributed by atoms with Crippen LogP contribution in [-0.4, -0.2) is 22.2 Å². The van der Waals surface area contributed by atoms with E-state index in [1.54, 1.807) is 6.92 Å². The quantitative estimate of drug-likeness (QED) is 0.475. The largest absolute Gasteiger partial charge is 0.416 e. The second-order valence-corrected chi connectivity index (χ2v) is 6.56. The van der Waals surface area contributed by atoms with Crippen molar-refractivity contribution >= 4 is 17.5 Å². The summed E-state index contributed by atoms with van der Waals surface area (Å²) in [5.41, 5.74) is 0.341. The van der Waals surface area contributed by atoms with Gasteiger partial charge in [0.25, 0.3) is 5.91 Å². The fourth-order valence-corrected chi connectivity index (χ4v) is 3.00. The van der Waals surface area contributed by atoms with Crippen LogP contribution in [0.15, 0.2) is 48.5 Å². The third-order valence-electron chi connectivity index (χ3n) is 4.06. The van der Waals surface area contributed by atoms with Crippen molar-refractivity contribution in [2.24, 2.45) is 0 Å². The molecule has 1 aromatic heterocycles. The molecule has 0 saturated heterocycles. The molecule has 0 aliphatic heterocycles. The van der Waals surface area contributed by atoms with Crippen LogP contribution in [0.2, 0.25) is 5.15 Å². The molecule has 0 atom stereocenters. The standard InChI is InChI=1S/C21H14ClF4N3O/c1-13-18(19(22)29(28-13)17-9-7-16(23)8-10-17)20(30)27-11-3-5-14-4-2-6-15(12-14)21(24,25)26/h2,4,6-10,12H,11H2,1H3,(H,27,30). The van der Waals surface area contributed by atoms with Gasteiger partial charge in [-0.2, -0.15) is 18.3 Å². The molecule has 0 saturated carbocycles. The Hall–Kier alpha value is -3.31. The molecular weight excluding hydrogens is 422 g/mol. The Labute approximate surface area is 174 Å². The van der Waals surface area contributed by atoms with Crippen LogP contribution >= 0.6 is 11.6 Å². The predicted molar refractivity (Wildman–Crippen MR) is 104 cm³/mol. The minimum Gasteiger partial charge on any atom is -0.341 e. The Kier molecular flexibility index (Phi) is 6.13. The topological polar surface area (TPSA) is 46.9 Å². The fourth-order valence-electron chi connectivity index (χ4n) is 2.64. The zero-order chi connectivity index (χ0) is 21.9. The first-order valence-corrected chi connectivity index (χ1v) is 9.00. The summed E-state index contributed by atoms with van der Waals surface area (Å²) in [6.45, 7) is 1.49. The van der Waals surface area contributed by atoms with Crippen molar-refractivity contribution in [2.75, 3.05) is 6.54 Å². The number of hydrogen-bond acceptors (Lipinski definition) is 2. The number of carbonyl (C=O) groups excluding carboxylic acids is 1. The van der Waals surface area contributed by atoms with Gasteiger partial charge in [0.1, 0.15) is 11.0 Å². The SMILES string of the molecule is Cc1nn(-c2ccc(F)cc2)c(Cl)c1C(=O)NCC#Cc1cccc(C(F)(F)F)c1. The van der Waals surface area contributed by atoms with Gasteiger partial charge >= 0.3 is 6.18 Å². The van der Waals surface area contributed by atoms with Crippen molar-refractivity contribution in [2.45, 2.75) is 13.1 Å². The fraction of sp³-hybridized carbons (Fsp3) is 0.143. The van der Waals surface area contributed by atoms with E-state index in [2.05, 4.69) is 22.3 Å². The van der Waals surface area contributed by atoms with Gasteiger partial charge < -0.3 is 5.32 Å². The Bertz CT molecular complexity index is 1140. The van der Waals surface area contributed by atoms with Crippen LogP contribution in [0.3, 0.4) is 0 Å². The van der Waals surface area contributed by atoms with Crippen LogP contribution in [0.1, 0.15) is 27.2 Å². The second kappa shape index (κ2) is 8.59. The van der Waals surface area contributed by atoms with E-state index in [0.29, 0.717) is 11.4 Å². The molecule has 0 fully saturated rings. The lowest BCUT2D eigenvalue weighted by Gasteiger charge is -2.05. The summed E-state index contributed by atoms with van der Waals surface area (Å²) in [5.74, 6) is 4.22. The molecule has 1 amide bonds. The van der Waals surface area contributed by atoms with Gasteiger partial charge in [-0.3, -0.25) is 4.79 Å². The van der Waals surface area contributed by atoms with Crippen molar-refractivity contribution in [1.29, 1.82) is 0 Å². The van der Waals surface area contributed by atoms with E-state index in [4.69, 9.17) is 11.6 Å². The molecule has 9 heteroatoms. The highest BCUT2D eigenvalue weighted by molar-refractivity contribution is 6.33. The number of alkyl halides is 3. The van der Waals surface area contributed by atoms with E-state index in [9.17, 15) is 22.4 Å². The molecule has 0 unspecified atom stereocenters. The maximum atomic E-state index is 13.1. The van der Waals surface area contributed by atoms with E-state index in [1.807, 2.05) is 0 Å². The molecule has 0 bridgehead atoms. The van der Waals surface area contributed by atoms with Gasteiger partial charge in [0.15, 0.2) is 0 Å². The van der Waals surface area contributed by atoms with Gasteiger partial charge in [-0.15, -0.1) is 0 Å². The predicted octanol–water partition coefficient (Wildman–Crippen LogP) is 4.77. The van der Waals surface area contributed by atoms with E-state index in [0.717, 1.165) is 12.1 Å². The van der Waals surface area contributed by atoms with E-state index >= 15 is 0 Å². The molecule has 30 heavy (non-hydrogen) atoms. The number of benzene rings is 2. The van der Waals surface area contributed by atoms with Gasteiger partial charge in [-0.05, 0) is 49.4 Å². The molecular formula is C21H14ClF4N3O. The van der Waals surface area contributed by atoms with E-state index < -0.39 is 23.5 Å². The summed E-state index contributed by atoms with van der Waals surface area (Å²) in [6.07, 6.45) is -4.45. The molecule has 0 aliphatic carbocycles. The van der Waals surface area contributed by atoms with Gasteiger partial charge in [-0.25, -0.2) is 9.07 Å². The number of rotatable bonds is 3. The molecule has 1 N–H and O–H groups in total. The number of carbonyl (C=O) groups is 1. The zero-order valence-corrected chi connectivity index (χ0v) is 16.3. The average molecular weight is 436 g/mol. The first-order chi connectivity index (χ1) is 14.2. The van der Waals surface area contributed by atoms with Crippen LogP contribution in [0, 0.1) is 24.6 Å². The summed E-state index contributed by atoms with van der Waals surface area (Å²) in [5, 5.41) is 6.78. The number of hydrogen-bond donors (Lipinski definition) is 1. The smallest absolute Gasteiger partial charge is 0.341 e. The molecule has 0 spiro atoms. The van der Waals surface area contributed by atoms with Gasteiger partial charge in [0.2, 0.25) is 0 Å². The minimum absolute atomic E-state index is 0.0439. The van der Waals surface area contributed by atoms with Gasteiger partial charge in [0.05, 0.1) is 29.1 Å². The van der Waals surface area contributed by atoms with Gasteiger partial charge in [0, 0.05) is 5.56 Å². The Morgan fingerprint density at radius 1 is 1.20 bits per heavy atom. The Balaban J connectivity index is 1.71. The lowest BCUT2D eigenvalue weighted by Crippen LogP contribution is -2.24. The zero-order valence-electron chi connectivity index (χ0n) is 15.5. The highest BCUT2D eigenvalue weighted by atomic mass is 35.5. The Morgan fingerprint density at radius 2 is 1.90 bits per heavy atom. The summed E-state index contributed by atoms with van der Waals surface area (Å²) in [4.78, 5) is 12.5. The highest BCUT2D eigenvalue weighted by Gasteiger charge is 2.30. The lowest BCUT2D eigenvalue weighted by molar-refractivity contribution is -0.137. The van der Waals surface area contributed by atoms with Crippen molar-refractivity contribution < 1.29 is 22.4 Å². The molecule has 4 nitrogen and oxygen atoms in total. The molecule has 3 rings (SSSR count). The number of aromatic nitrogens is 2. The Morgan fingerprint density at radius 3 is 2.57 bits per heavy atom. The van der Waals surface area contributed by atoms with Gasteiger partial charge in [-0.1, -0.05) is 29.5 Å². The van der Waals surface area contributed by atoms with Crippen molar-refractivity contribution in [3.05, 3.63) is 81.9 Å². The highest BCUT2D eigenvalue weighted by Crippen LogP contribution is 2.29. The second-order valence-electron chi connectivity index (χ2n) is 6.20. The third-order valence-corrected chi connectivity index (χ3v) is 4.41. The van der Waals surface area contributed by atoms with Crippen molar-refractivity contribution in [3.8, 4) is 17.5 Å². The number of aryl methyl sites for hydroxylation is 1. The van der Waals surface area contributed by atoms with E-state index in [-0.39, 0.29) is 22.8 Å². The molecule has 0 radical (unpaired) electrons. The number of halogens is 5. The molecule has 3 aromatic rings. The third kappa shape index (κ3) is 4.81. The summed E-state index contributed by atoms with van der Waals surface area (Å²) >= 11 is 6.27.